The number of hydrogen-bond donors (Lipinski definition) is 2. The molecule has 0 spiro atoms. The summed E-state index contributed by atoms with van der Waals surface area (Å²) in [5.41, 5.74) is 0.978. The van der Waals surface area contributed by atoms with Crippen molar-refractivity contribution in [3.63, 3.8) is 0 Å². The highest BCUT2D eigenvalue weighted by molar-refractivity contribution is 7.86. The SMILES string of the molecule is O=C(COc1cccc(Cl)c1)NCc1ccccc1NC(=O)c1cccc(S(=O)(=O)F)c1. The highest BCUT2D eigenvalue weighted by atomic mass is 35.5. The quantitative estimate of drug-likeness (QED) is 0.479. The summed E-state index contributed by atoms with van der Waals surface area (Å²) < 4.78 is 40.7. The Morgan fingerprint density at radius 2 is 1.72 bits per heavy atom. The van der Waals surface area contributed by atoms with E-state index in [0.717, 1.165) is 12.1 Å². The number of rotatable bonds is 8. The minimum Gasteiger partial charge on any atom is -0.484 e. The average molecular weight is 477 g/mol. The zero-order valence-corrected chi connectivity index (χ0v) is 18.1. The van der Waals surface area contributed by atoms with E-state index in [1.165, 1.54) is 12.1 Å². The second kappa shape index (κ2) is 10.3. The van der Waals surface area contributed by atoms with Crippen LogP contribution in [0.3, 0.4) is 0 Å². The van der Waals surface area contributed by atoms with Crippen LogP contribution >= 0.6 is 11.6 Å². The Bertz CT molecular complexity index is 1250. The summed E-state index contributed by atoms with van der Waals surface area (Å²) >= 11 is 5.87. The van der Waals surface area contributed by atoms with Gasteiger partial charge in [0.2, 0.25) is 0 Å². The van der Waals surface area contributed by atoms with Gasteiger partial charge in [0, 0.05) is 22.8 Å². The minimum absolute atomic E-state index is 0.0301. The lowest BCUT2D eigenvalue weighted by Crippen LogP contribution is -2.29. The Morgan fingerprint density at radius 1 is 0.969 bits per heavy atom. The fourth-order valence-electron chi connectivity index (χ4n) is 2.73. The highest BCUT2D eigenvalue weighted by Gasteiger charge is 2.16. The molecule has 2 amide bonds. The lowest BCUT2D eigenvalue weighted by atomic mass is 10.1. The van der Waals surface area contributed by atoms with E-state index >= 15 is 0 Å². The van der Waals surface area contributed by atoms with Crippen LogP contribution in [-0.2, 0) is 21.6 Å². The van der Waals surface area contributed by atoms with Gasteiger partial charge in [-0.3, -0.25) is 9.59 Å². The van der Waals surface area contributed by atoms with Crippen molar-refractivity contribution in [2.45, 2.75) is 11.4 Å². The van der Waals surface area contributed by atoms with Gasteiger partial charge in [0.25, 0.3) is 11.8 Å². The number of halogens is 2. The van der Waals surface area contributed by atoms with E-state index in [1.807, 2.05) is 0 Å². The number of carbonyl (C=O) groups is 2. The summed E-state index contributed by atoms with van der Waals surface area (Å²) in [5, 5.41) is 5.82. The Balaban J connectivity index is 1.62. The monoisotopic (exact) mass is 476 g/mol. The predicted molar refractivity (Wildman–Crippen MR) is 118 cm³/mol. The van der Waals surface area contributed by atoms with Crippen LogP contribution < -0.4 is 15.4 Å². The molecule has 0 fully saturated rings. The van der Waals surface area contributed by atoms with Crippen molar-refractivity contribution in [3.8, 4) is 5.75 Å². The van der Waals surface area contributed by atoms with E-state index in [4.69, 9.17) is 16.3 Å². The maximum Gasteiger partial charge on any atom is 0.332 e. The van der Waals surface area contributed by atoms with Crippen LogP contribution in [0.1, 0.15) is 15.9 Å². The molecular weight excluding hydrogens is 459 g/mol. The largest absolute Gasteiger partial charge is 0.484 e. The Labute approximate surface area is 189 Å². The van der Waals surface area contributed by atoms with Crippen LogP contribution in [0.25, 0.3) is 0 Å². The molecule has 7 nitrogen and oxygen atoms in total. The van der Waals surface area contributed by atoms with Crippen molar-refractivity contribution in [2.24, 2.45) is 0 Å². The molecule has 0 radical (unpaired) electrons. The second-order valence-electron chi connectivity index (χ2n) is 6.60. The van der Waals surface area contributed by atoms with Crippen LogP contribution in [0.5, 0.6) is 5.75 Å². The summed E-state index contributed by atoms with van der Waals surface area (Å²) in [7, 11) is -4.93. The number of benzene rings is 3. The summed E-state index contributed by atoms with van der Waals surface area (Å²) in [4.78, 5) is 24.0. The van der Waals surface area contributed by atoms with E-state index < -0.39 is 21.0 Å². The third-order valence-electron chi connectivity index (χ3n) is 4.29. The Kier molecular flexibility index (Phi) is 7.45. The third-order valence-corrected chi connectivity index (χ3v) is 5.34. The molecule has 0 aliphatic carbocycles. The fourth-order valence-corrected chi connectivity index (χ4v) is 3.42. The zero-order chi connectivity index (χ0) is 23.1. The molecular formula is C22H18ClFN2O5S. The van der Waals surface area contributed by atoms with E-state index in [0.29, 0.717) is 22.0 Å². The Morgan fingerprint density at radius 3 is 2.47 bits per heavy atom. The normalized spacial score (nSPS) is 10.9. The highest BCUT2D eigenvalue weighted by Crippen LogP contribution is 2.19. The van der Waals surface area contributed by atoms with Gasteiger partial charge in [0.1, 0.15) is 5.75 Å². The third kappa shape index (κ3) is 6.53. The molecule has 166 valence electrons. The molecule has 0 aliphatic heterocycles. The van der Waals surface area contributed by atoms with Crippen molar-refractivity contribution < 1.29 is 26.6 Å². The van der Waals surface area contributed by atoms with Gasteiger partial charge in [0.05, 0.1) is 4.90 Å². The maximum atomic E-state index is 13.2. The molecule has 0 bridgehead atoms. The molecule has 0 aliphatic rings. The van der Waals surface area contributed by atoms with Crippen LogP contribution in [0.15, 0.2) is 77.7 Å². The summed E-state index contributed by atoms with van der Waals surface area (Å²) in [6.07, 6.45) is 0. The number of para-hydroxylation sites is 1. The van der Waals surface area contributed by atoms with Crippen molar-refractivity contribution in [1.29, 1.82) is 0 Å². The number of anilines is 1. The zero-order valence-electron chi connectivity index (χ0n) is 16.5. The van der Waals surface area contributed by atoms with Crippen LogP contribution in [0.2, 0.25) is 5.02 Å². The van der Waals surface area contributed by atoms with Crippen molar-refractivity contribution in [1.82, 2.24) is 5.32 Å². The average Bonchev–Trinajstić information content (AvgIpc) is 2.76. The van der Waals surface area contributed by atoms with Gasteiger partial charge < -0.3 is 15.4 Å². The first-order valence-corrected chi connectivity index (χ1v) is 11.1. The van der Waals surface area contributed by atoms with Crippen LogP contribution in [0.4, 0.5) is 9.57 Å². The molecule has 0 atom stereocenters. The van der Waals surface area contributed by atoms with E-state index in [-0.39, 0.29) is 24.6 Å². The van der Waals surface area contributed by atoms with Crippen LogP contribution in [-0.4, -0.2) is 26.8 Å². The van der Waals surface area contributed by atoms with Crippen molar-refractivity contribution in [3.05, 3.63) is 88.9 Å². The number of nitrogens with one attached hydrogen (secondary N) is 2. The first-order chi connectivity index (χ1) is 15.2. The number of ether oxygens (including phenoxy) is 1. The van der Waals surface area contributed by atoms with Gasteiger partial charge in [-0.1, -0.05) is 41.9 Å². The maximum absolute atomic E-state index is 13.2. The molecule has 10 heteroatoms. The van der Waals surface area contributed by atoms with Gasteiger partial charge in [-0.25, -0.2) is 0 Å². The lowest BCUT2D eigenvalue weighted by molar-refractivity contribution is -0.123. The molecule has 2 N–H and O–H groups in total. The van der Waals surface area contributed by atoms with E-state index in [2.05, 4.69) is 10.6 Å². The Hall–Kier alpha value is -3.43. The van der Waals surface area contributed by atoms with E-state index in [9.17, 15) is 21.9 Å². The van der Waals surface area contributed by atoms with Crippen molar-refractivity contribution in [2.75, 3.05) is 11.9 Å². The number of hydrogen-bond acceptors (Lipinski definition) is 5. The van der Waals surface area contributed by atoms with Crippen LogP contribution in [0, 0.1) is 0 Å². The van der Waals surface area contributed by atoms with Crippen molar-refractivity contribution >= 4 is 39.3 Å². The molecule has 0 saturated carbocycles. The molecule has 3 aromatic carbocycles. The summed E-state index contributed by atoms with van der Waals surface area (Å²) in [6.45, 7) is -0.119. The first-order valence-electron chi connectivity index (χ1n) is 9.31. The molecule has 0 saturated heterocycles. The predicted octanol–water partition coefficient (Wildman–Crippen LogP) is 3.95. The molecule has 3 aromatic rings. The fraction of sp³-hybridized carbons (Fsp3) is 0.0909. The van der Waals surface area contributed by atoms with Gasteiger partial charge >= 0.3 is 10.2 Å². The standard InChI is InChI=1S/C22H18ClFN2O5S/c23-17-7-4-8-18(12-17)31-14-21(27)25-13-16-5-1-2-10-20(16)26-22(28)15-6-3-9-19(11-15)32(24,29)30/h1-12H,13-14H2,(H,25,27)(H,26,28). The molecule has 3 rings (SSSR count). The second-order valence-corrected chi connectivity index (χ2v) is 8.38. The molecule has 32 heavy (non-hydrogen) atoms. The van der Waals surface area contributed by atoms with Gasteiger partial charge in [0.15, 0.2) is 6.61 Å². The first kappa shape index (κ1) is 23.2. The summed E-state index contributed by atoms with van der Waals surface area (Å²) in [6, 6.07) is 18.0. The smallest absolute Gasteiger partial charge is 0.332 e. The molecule has 0 unspecified atom stereocenters. The number of amides is 2. The van der Waals surface area contributed by atoms with Gasteiger partial charge in [-0.05, 0) is 48.0 Å². The van der Waals surface area contributed by atoms with E-state index in [1.54, 1.807) is 48.5 Å². The summed E-state index contributed by atoms with van der Waals surface area (Å²) in [5.74, 6) is -0.552. The number of carbonyl (C=O) groups excluding carboxylic acids is 2. The van der Waals surface area contributed by atoms with Gasteiger partial charge in [-0.2, -0.15) is 8.42 Å². The lowest BCUT2D eigenvalue weighted by Gasteiger charge is -2.13. The van der Waals surface area contributed by atoms with Gasteiger partial charge in [-0.15, -0.1) is 3.89 Å². The molecule has 0 heterocycles. The molecule has 0 aromatic heterocycles. The minimum atomic E-state index is -4.93. The topological polar surface area (TPSA) is 102 Å².